The molecule has 6 nitrogen and oxygen atoms in total. The maximum absolute atomic E-state index is 12.1. The Bertz CT molecular complexity index is 688. The molecule has 1 saturated heterocycles. The van der Waals surface area contributed by atoms with Gasteiger partial charge >= 0.3 is 0 Å². The molecular formula is C24H44N4O2S4. The zero-order valence-electron chi connectivity index (χ0n) is 21.9. The van der Waals surface area contributed by atoms with Crippen LogP contribution in [0, 0.1) is 10.8 Å². The van der Waals surface area contributed by atoms with E-state index in [-0.39, 0.29) is 23.3 Å². The summed E-state index contributed by atoms with van der Waals surface area (Å²) in [6.45, 7) is 16.9. The standard InChI is InChI=1S/C24H44N4O2S4/c1-7-25-15-20(30)27(19-29)17-23(3,4)9-11-33-13-14-34-12-10-24(5,6)18-28-21(31)16-26(8-2)22(28)32/h19,25H,7-18H2,1-6H3. The summed E-state index contributed by atoms with van der Waals surface area (Å²) in [6.07, 6.45) is 2.77. The van der Waals surface area contributed by atoms with E-state index < -0.39 is 0 Å². The molecule has 0 aliphatic carbocycles. The summed E-state index contributed by atoms with van der Waals surface area (Å²) in [5, 5.41) is 3.87. The summed E-state index contributed by atoms with van der Waals surface area (Å²) in [5.74, 6) is 4.25. The number of hydrogen-bond donors (Lipinski definition) is 1. The number of likely N-dealkylation sites (N-methyl/N-ethyl adjacent to an activating group) is 2. The third-order valence-electron chi connectivity index (χ3n) is 5.89. The Balaban J connectivity index is 2.22. The van der Waals surface area contributed by atoms with Crippen LogP contribution in [-0.2, 0) is 9.59 Å². The SMILES string of the molecule is CCNCC(=O)N(C=O)CC(C)(C)CCSCCSCCC(C)(C)CN1C(=S)CN(CC)C1=S. The van der Waals surface area contributed by atoms with Crippen molar-refractivity contribution in [1.82, 2.24) is 20.0 Å². The lowest BCUT2D eigenvalue weighted by molar-refractivity contribution is -0.139. The summed E-state index contributed by atoms with van der Waals surface area (Å²) in [5.41, 5.74) is 0.0770. The first-order valence-electron chi connectivity index (χ1n) is 12.2. The predicted molar refractivity (Wildman–Crippen MR) is 157 cm³/mol. The van der Waals surface area contributed by atoms with Gasteiger partial charge in [0, 0.05) is 31.1 Å². The first-order valence-corrected chi connectivity index (χ1v) is 15.3. The zero-order valence-corrected chi connectivity index (χ0v) is 25.1. The quantitative estimate of drug-likeness (QED) is 0.155. The summed E-state index contributed by atoms with van der Waals surface area (Å²) in [6, 6.07) is 0. The van der Waals surface area contributed by atoms with Crippen molar-refractivity contribution in [3.8, 4) is 0 Å². The highest BCUT2D eigenvalue weighted by Gasteiger charge is 2.33. The summed E-state index contributed by atoms with van der Waals surface area (Å²) in [7, 11) is 0. The number of rotatable bonds is 18. The minimum absolute atomic E-state index is 0.0863. The van der Waals surface area contributed by atoms with E-state index in [0.717, 1.165) is 65.6 Å². The number of thioether (sulfide) groups is 2. The molecule has 0 aromatic heterocycles. The molecule has 0 saturated carbocycles. The van der Waals surface area contributed by atoms with Crippen molar-refractivity contribution in [2.75, 3.05) is 62.3 Å². The van der Waals surface area contributed by atoms with Crippen molar-refractivity contribution in [2.24, 2.45) is 10.8 Å². The fourth-order valence-electron chi connectivity index (χ4n) is 3.58. The van der Waals surface area contributed by atoms with Crippen molar-refractivity contribution in [3.63, 3.8) is 0 Å². The van der Waals surface area contributed by atoms with E-state index >= 15 is 0 Å². The molecule has 0 radical (unpaired) electrons. The van der Waals surface area contributed by atoms with Crippen molar-refractivity contribution in [2.45, 2.75) is 54.4 Å². The molecule has 0 aromatic carbocycles. The maximum Gasteiger partial charge on any atom is 0.242 e. The number of amides is 2. The molecule has 0 aromatic rings. The predicted octanol–water partition coefficient (Wildman–Crippen LogP) is 4.13. The smallest absolute Gasteiger partial charge is 0.242 e. The van der Waals surface area contributed by atoms with Crippen LogP contribution >= 0.6 is 48.0 Å². The minimum atomic E-state index is -0.159. The molecule has 10 heteroatoms. The van der Waals surface area contributed by atoms with Gasteiger partial charge in [-0.3, -0.25) is 14.5 Å². The number of thiocarbonyl (C=S) groups is 2. The summed E-state index contributed by atoms with van der Waals surface area (Å²) < 4.78 is 0. The molecule has 0 unspecified atom stereocenters. The van der Waals surface area contributed by atoms with E-state index in [9.17, 15) is 9.59 Å². The van der Waals surface area contributed by atoms with Crippen molar-refractivity contribution >= 4 is 70.4 Å². The number of carbonyl (C=O) groups excluding carboxylic acids is 2. The van der Waals surface area contributed by atoms with Crippen LogP contribution in [0.5, 0.6) is 0 Å². The Hall–Kier alpha value is -0.420. The van der Waals surface area contributed by atoms with Crippen molar-refractivity contribution in [1.29, 1.82) is 0 Å². The van der Waals surface area contributed by atoms with Gasteiger partial charge in [-0.05, 0) is 60.9 Å². The normalized spacial score (nSPS) is 14.8. The lowest BCUT2D eigenvalue weighted by Crippen LogP contribution is -2.42. The minimum Gasteiger partial charge on any atom is -0.342 e. The molecule has 2 amide bonds. The molecule has 1 rings (SSSR count). The number of nitrogens with one attached hydrogen (secondary N) is 1. The van der Waals surface area contributed by atoms with Crippen LogP contribution in [0.15, 0.2) is 0 Å². The van der Waals surface area contributed by atoms with Crippen LogP contribution in [0.1, 0.15) is 54.4 Å². The number of imide groups is 1. The molecule has 0 bridgehead atoms. The van der Waals surface area contributed by atoms with Gasteiger partial charge in [-0.15, -0.1) is 0 Å². The molecule has 1 aliphatic rings. The van der Waals surface area contributed by atoms with E-state index in [1.165, 1.54) is 4.90 Å². The van der Waals surface area contributed by atoms with E-state index in [4.69, 9.17) is 24.4 Å². The van der Waals surface area contributed by atoms with Crippen LogP contribution < -0.4 is 5.32 Å². The Labute approximate surface area is 226 Å². The lowest BCUT2D eigenvalue weighted by Gasteiger charge is -2.31. The Kier molecular flexibility index (Phi) is 14.5. The van der Waals surface area contributed by atoms with Gasteiger partial charge in [0.2, 0.25) is 12.3 Å². The maximum atomic E-state index is 12.1. The number of nitrogens with zero attached hydrogens (tertiary/aromatic N) is 3. The van der Waals surface area contributed by atoms with Gasteiger partial charge in [0.1, 0.15) is 4.99 Å². The van der Waals surface area contributed by atoms with Gasteiger partial charge in [-0.2, -0.15) is 23.5 Å². The van der Waals surface area contributed by atoms with Crippen molar-refractivity contribution < 1.29 is 9.59 Å². The second kappa shape index (κ2) is 15.6. The van der Waals surface area contributed by atoms with E-state index in [0.29, 0.717) is 19.5 Å². The fraction of sp³-hybridized carbons (Fsp3) is 0.833. The molecule has 196 valence electrons. The Morgan fingerprint density at radius 2 is 1.65 bits per heavy atom. The van der Waals surface area contributed by atoms with E-state index in [1.54, 1.807) is 0 Å². The third kappa shape index (κ3) is 11.5. The van der Waals surface area contributed by atoms with Crippen LogP contribution in [0.4, 0.5) is 0 Å². The molecule has 34 heavy (non-hydrogen) atoms. The largest absolute Gasteiger partial charge is 0.342 e. The lowest BCUT2D eigenvalue weighted by atomic mass is 9.89. The summed E-state index contributed by atoms with van der Waals surface area (Å²) >= 11 is 15.1. The van der Waals surface area contributed by atoms with Gasteiger partial charge in [-0.1, -0.05) is 46.8 Å². The van der Waals surface area contributed by atoms with E-state index in [1.807, 2.05) is 30.4 Å². The average molecular weight is 549 g/mol. The van der Waals surface area contributed by atoms with E-state index in [2.05, 4.69) is 49.7 Å². The average Bonchev–Trinajstić information content (AvgIpc) is 3.04. The molecule has 0 spiro atoms. The highest BCUT2D eigenvalue weighted by Crippen LogP contribution is 2.28. The fourth-order valence-corrected chi connectivity index (χ4v) is 7.06. The molecule has 1 aliphatic heterocycles. The highest BCUT2D eigenvalue weighted by molar-refractivity contribution is 8.02. The molecule has 0 atom stereocenters. The first-order chi connectivity index (χ1) is 16.0. The molecule has 1 N–H and O–H groups in total. The highest BCUT2D eigenvalue weighted by atomic mass is 32.2. The van der Waals surface area contributed by atoms with Gasteiger partial charge in [0.25, 0.3) is 0 Å². The summed E-state index contributed by atoms with van der Waals surface area (Å²) in [4.78, 5) is 30.0. The topological polar surface area (TPSA) is 55.9 Å². The van der Waals surface area contributed by atoms with Crippen LogP contribution in [0.3, 0.4) is 0 Å². The van der Waals surface area contributed by atoms with Crippen LogP contribution in [0.25, 0.3) is 0 Å². The third-order valence-corrected chi connectivity index (χ3v) is 8.94. The van der Waals surface area contributed by atoms with Crippen molar-refractivity contribution in [3.05, 3.63) is 0 Å². The zero-order chi connectivity index (χ0) is 25.8. The molecule has 1 heterocycles. The molecule has 1 fully saturated rings. The molecular weight excluding hydrogens is 505 g/mol. The monoisotopic (exact) mass is 548 g/mol. The van der Waals surface area contributed by atoms with Gasteiger partial charge in [0.15, 0.2) is 5.11 Å². The number of carbonyl (C=O) groups is 2. The van der Waals surface area contributed by atoms with Crippen LogP contribution in [0.2, 0.25) is 0 Å². The first kappa shape index (κ1) is 31.6. The Morgan fingerprint density at radius 3 is 2.15 bits per heavy atom. The van der Waals surface area contributed by atoms with Gasteiger partial charge < -0.3 is 15.1 Å². The van der Waals surface area contributed by atoms with Gasteiger partial charge in [0.05, 0.1) is 13.1 Å². The number of hydrogen-bond acceptors (Lipinski definition) is 7. The second-order valence-corrected chi connectivity index (χ2v) is 13.5. The second-order valence-electron chi connectivity index (χ2n) is 10.2. The van der Waals surface area contributed by atoms with Gasteiger partial charge in [-0.25, -0.2) is 0 Å². The Morgan fingerprint density at radius 1 is 1.06 bits per heavy atom. The van der Waals surface area contributed by atoms with Crippen LogP contribution in [-0.4, -0.2) is 99.4 Å².